The number of halogens is 1. The fourth-order valence-electron chi connectivity index (χ4n) is 2.43. The standard InChI is InChI=1S/C20H22ClN5/c1-4-14(3)23-20-25-18(15-7-9-22-10-8-15)12-19(26-20)24-17-6-5-13(2)11-16(17)21/h5-12,14H,4H2,1-3H3,(H2,23,24,25,26)/t14-/m0/s1. The second-order valence-electron chi connectivity index (χ2n) is 6.26. The van der Waals surface area contributed by atoms with Crippen LogP contribution in [0.25, 0.3) is 11.3 Å². The average molecular weight is 368 g/mol. The van der Waals surface area contributed by atoms with Crippen LogP contribution < -0.4 is 10.6 Å². The SMILES string of the molecule is CC[C@H](C)Nc1nc(Nc2ccc(C)cc2Cl)cc(-c2ccncc2)n1. The van der Waals surface area contributed by atoms with E-state index in [9.17, 15) is 0 Å². The van der Waals surface area contributed by atoms with Gasteiger partial charge in [-0.1, -0.05) is 24.6 Å². The smallest absolute Gasteiger partial charge is 0.225 e. The van der Waals surface area contributed by atoms with E-state index in [0.29, 0.717) is 16.8 Å². The number of hydrogen-bond acceptors (Lipinski definition) is 5. The van der Waals surface area contributed by atoms with Gasteiger partial charge < -0.3 is 10.6 Å². The van der Waals surface area contributed by atoms with Crippen LogP contribution in [-0.4, -0.2) is 21.0 Å². The molecule has 2 heterocycles. The number of aryl methyl sites for hydroxylation is 1. The molecule has 0 saturated heterocycles. The molecule has 0 radical (unpaired) electrons. The molecule has 3 rings (SSSR count). The number of aromatic nitrogens is 3. The summed E-state index contributed by atoms with van der Waals surface area (Å²) in [5.41, 5.74) is 3.72. The van der Waals surface area contributed by atoms with Gasteiger partial charge in [0.25, 0.3) is 0 Å². The molecule has 1 aromatic carbocycles. The molecule has 0 aliphatic rings. The molecular formula is C20H22ClN5. The molecule has 0 spiro atoms. The molecule has 0 bridgehead atoms. The van der Waals surface area contributed by atoms with Gasteiger partial charge in [-0.05, 0) is 50.1 Å². The van der Waals surface area contributed by atoms with E-state index in [1.165, 1.54) is 0 Å². The Morgan fingerprint density at radius 2 is 1.85 bits per heavy atom. The van der Waals surface area contributed by atoms with Crippen molar-refractivity contribution >= 4 is 29.1 Å². The molecule has 0 saturated carbocycles. The third kappa shape index (κ3) is 4.49. The topological polar surface area (TPSA) is 62.7 Å². The number of benzene rings is 1. The third-order valence-electron chi connectivity index (χ3n) is 4.08. The van der Waals surface area contributed by atoms with Gasteiger partial charge in [-0.3, -0.25) is 4.98 Å². The third-order valence-corrected chi connectivity index (χ3v) is 4.39. The van der Waals surface area contributed by atoms with Gasteiger partial charge in [-0.2, -0.15) is 4.98 Å². The quantitative estimate of drug-likeness (QED) is 0.606. The molecule has 134 valence electrons. The Morgan fingerprint density at radius 3 is 2.54 bits per heavy atom. The maximum Gasteiger partial charge on any atom is 0.225 e. The van der Waals surface area contributed by atoms with Gasteiger partial charge >= 0.3 is 0 Å². The molecule has 0 aliphatic carbocycles. The van der Waals surface area contributed by atoms with Gasteiger partial charge in [0, 0.05) is 30.1 Å². The van der Waals surface area contributed by atoms with Crippen molar-refractivity contribution in [2.24, 2.45) is 0 Å². The second-order valence-corrected chi connectivity index (χ2v) is 6.67. The lowest BCUT2D eigenvalue weighted by atomic mass is 10.2. The molecule has 0 amide bonds. The highest BCUT2D eigenvalue weighted by atomic mass is 35.5. The normalized spacial score (nSPS) is 11.8. The van der Waals surface area contributed by atoms with Crippen molar-refractivity contribution in [3.05, 3.63) is 59.4 Å². The maximum atomic E-state index is 6.35. The number of hydrogen-bond donors (Lipinski definition) is 2. The van der Waals surface area contributed by atoms with E-state index >= 15 is 0 Å². The molecular weight excluding hydrogens is 346 g/mol. The Hall–Kier alpha value is -2.66. The van der Waals surface area contributed by atoms with Crippen molar-refractivity contribution in [3.8, 4) is 11.3 Å². The molecule has 26 heavy (non-hydrogen) atoms. The van der Waals surface area contributed by atoms with Crippen LogP contribution in [-0.2, 0) is 0 Å². The first-order valence-electron chi connectivity index (χ1n) is 8.64. The van der Waals surface area contributed by atoms with E-state index in [-0.39, 0.29) is 6.04 Å². The number of rotatable bonds is 6. The minimum Gasteiger partial charge on any atom is -0.352 e. The Bertz CT molecular complexity index is 883. The lowest BCUT2D eigenvalue weighted by Crippen LogP contribution is -2.16. The Morgan fingerprint density at radius 1 is 1.08 bits per heavy atom. The largest absolute Gasteiger partial charge is 0.352 e. The zero-order valence-corrected chi connectivity index (χ0v) is 15.9. The summed E-state index contributed by atoms with van der Waals surface area (Å²) in [6, 6.07) is 11.9. The maximum absolute atomic E-state index is 6.35. The lowest BCUT2D eigenvalue weighted by molar-refractivity contribution is 0.753. The monoisotopic (exact) mass is 367 g/mol. The summed E-state index contributed by atoms with van der Waals surface area (Å²) in [4.78, 5) is 13.3. The van der Waals surface area contributed by atoms with E-state index in [1.54, 1.807) is 12.4 Å². The Balaban J connectivity index is 1.98. The van der Waals surface area contributed by atoms with Crippen LogP contribution in [0.4, 0.5) is 17.5 Å². The predicted molar refractivity (Wildman–Crippen MR) is 108 cm³/mol. The van der Waals surface area contributed by atoms with Crippen molar-refractivity contribution in [2.75, 3.05) is 10.6 Å². The molecule has 0 unspecified atom stereocenters. The molecule has 3 aromatic rings. The van der Waals surface area contributed by atoms with Crippen molar-refractivity contribution in [1.29, 1.82) is 0 Å². The highest BCUT2D eigenvalue weighted by molar-refractivity contribution is 6.33. The van der Waals surface area contributed by atoms with E-state index in [0.717, 1.165) is 28.9 Å². The van der Waals surface area contributed by atoms with Crippen molar-refractivity contribution in [2.45, 2.75) is 33.2 Å². The average Bonchev–Trinajstić information content (AvgIpc) is 2.64. The summed E-state index contributed by atoms with van der Waals surface area (Å²) in [6.45, 7) is 6.23. The Kier molecular flexibility index (Phi) is 5.68. The van der Waals surface area contributed by atoms with Gasteiger partial charge in [-0.25, -0.2) is 4.98 Å². The Labute approximate surface area is 158 Å². The summed E-state index contributed by atoms with van der Waals surface area (Å²) in [5, 5.41) is 7.30. The van der Waals surface area contributed by atoms with Crippen LogP contribution in [0.3, 0.4) is 0 Å². The molecule has 0 fully saturated rings. The van der Waals surface area contributed by atoms with Crippen LogP contribution in [0.2, 0.25) is 5.02 Å². The van der Waals surface area contributed by atoms with Crippen LogP contribution in [0, 0.1) is 6.92 Å². The van der Waals surface area contributed by atoms with E-state index < -0.39 is 0 Å². The van der Waals surface area contributed by atoms with Crippen LogP contribution in [0.15, 0.2) is 48.8 Å². The lowest BCUT2D eigenvalue weighted by Gasteiger charge is -2.15. The van der Waals surface area contributed by atoms with Gasteiger partial charge in [0.2, 0.25) is 5.95 Å². The van der Waals surface area contributed by atoms with Crippen molar-refractivity contribution < 1.29 is 0 Å². The molecule has 2 aromatic heterocycles. The second kappa shape index (κ2) is 8.15. The highest BCUT2D eigenvalue weighted by Gasteiger charge is 2.10. The van der Waals surface area contributed by atoms with E-state index in [4.69, 9.17) is 11.6 Å². The summed E-state index contributed by atoms with van der Waals surface area (Å²) in [6.07, 6.45) is 4.49. The molecule has 2 N–H and O–H groups in total. The summed E-state index contributed by atoms with van der Waals surface area (Å²) in [5.74, 6) is 1.27. The van der Waals surface area contributed by atoms with E-state index in [2.05, 4.69) is 39.4 Å². The van der Waals surface area contributed by atoms with Gasteiger partial charge in [-0.15, -0.1) is 0 Å². The van der Waals surface area contributed by atoms with Gasteiger partial charge in [0.1, 0.15) is 5.82 Å². The zero-order chi connectivity index (χ0) is 18.5. The zero-order valence-electron chi connectivity index (χ0n) is 15.1. The number of nitrogens with zero attached hydrogens (tertiary/aromatic N) is 3. The number of anilines is 3. The first-order valence-corrected chi connectivity index (χ1v) is 9.02. The first-order chi connectivity index (χ1) is 12.5. The highest BCUT2D eigenvalue weighted by Crippen LogP contribution is 2.28. The van der Waals surface area contributed by atoms with Gasteiger partial charge in [0.15, 0.2) is 0 Å². The van der Waals surface area contributed by atoms with Crippen LogP contribution in [0.5, 0.6) is 0 Å². The molecule has 6 heteroatoms. The van der Waals surface area contributed by atoms with Gasteiger partial charge in [0.05, 0.1) is 16.4 Å². The molecule has 1 atom stereocenters. The minimum atomic E-state index is 0.276. The fourth-order valence-corrected chi connectivity index (χ4v) is 2.71. The van der Waals surface area contributed by atoms with E-state index in [1.807, 2.05) is 43.3 Å². The molecule has 5 nitrogen and oxygen atoms in total. The predicted octanol–water partition coefficient (Wildman–Crippen LogP) is 5.45. The summed E-state index contributed by atoms with van der Waals surface area (Å²) >= 11 is 6.35. The number of nitrogens with one attached hydrogen (secondary N) is 2. The first kappa shape index (κ1) is 18.1. The van der Waals surface area contributed by atoms with Crippen molar-refractivity contribution in [3.63, 3.8) is 0 Å². The summed E-state index contributed by atoms with van der Waals surface area (Å²) < 4.78 is 0. The van der Waals surface area contributed by atoms with Crippen LogP contribution in [0.1, 0.15) is 25.8 Å². The fraction of sp³-hybridized carbons (Fsp3) is 0.250. The number of pyridine rings is 1. The minimum absolute atomic E-state index is 0.276. The summed E-state index contributed by atoms with van der Waals surface area (Å²) in [7, 11) is 0. The van der Waals surface area contributed by atoms with Crippen molar-refractivity contribution in [1.82, 2.24) is 15.0 Å². The van der Waals surface area contributed by atoms with Crippen LogP contribution >= 0.6 is 11.6 Å². The molecule has 0 aliphatic heterocycles.